The molecule has 0 spiro atoms. The molecule has 0 bridgehead atoms. The highest BCUT2D eigenvalue weighted by molar-refractivity contribution is 8.68. The third-order valence-electron chi connectivity index (χ3n) is 0.706. The molecule has 0 radical (unpaired) electrons. The Balaban J connectivity index is 3.52. The smallest absolute Gasteiger partial charge is 0.263 e. The van der Waals surface area contributed by atoms with Crippen LogP contribution in [0.1, 0.15) is 13.3 Å². The molecular formula is C3H7NO2S2. The largest absolute Gasteiger partial charge is 0.267 e. The van der Waals surface area contributed by atoms with E-state index in [9.17, 15) is 10.1 Å². The molecule has 0 aromatic rings. The first-order valence-corrected chi connectivity index (χ1v) is 4.09. The maximum atomic E-state index is 9.90. The number of hydrogen-bond donors (Lipinski definition) is 1. The van der Waals surface area contributed by atoms with Gasteiger partial charge in [0.25, 0.3) is 5.37 Å². The number of rotatable bonds is 3. The van der Waals surface area contributed by atoms with Gasteiger partial charge < -0.3 is 0 Å². The molecule has 0 aromatic carbocycles. The Kier molecular flexibility index (Phi) is 4.08. The van der Waals surface area contributed by atoms with E-state index in [4.69, 9.17) is 0 Å². The Labute approximate surface area is 56.8 Å². The average Bonchev–Trinajstić information content (AvgIpc) is 1.69. The van der Waals surface area contributed by atoms with Crippen LogP contribution < -0.4 is 0 Å². The van der Waals surface area contributed by atoms with Gasteiger partial charge in [0.15, 0.2) is 0 Å². The maximum Gasteiger partial charge on any atom is 0.267 e. The van der Waals surface area contributed by atoms with Crippen LogP contribution in [0.2, 0.25) is 0 Å². The Hall–Kier alpha value is 0.1000. The summed E-state index contributed by atoms with van der Waals surface area (Å²) in [6, 6.07) is 0. The van der Waals surface area contributed by atoms with Crippen molar-refractivity contribution in [2.75, 3.05) is 0 Å². The molecular weight excluding hydrogens is 146 g/mol. The van der Waals surface area contributed by atoms with Gasteiger partial charge in [0.05, 0.1) is 0 Å². The van der Waals surface area contributed by atoms with Crippen molar-refractivity contribution in [2.45, 2.75) is 18.7 Å². The van der Waals surface area contributed by atoms with Gasteiger partial charge in [-0.15, -0.1) is 11.7 Å². The first-order chi connectivity index (χ1) is 3.72. The second-order valence-corrected chi connectivity index (χ2v) is 2.64. The van der Waals surface area contributed by atoms with Crippen molar-refractivity contribution in [1.82, 2.24) is 0 Å². The zero-order chi connectivity index (χ0) is 6.57. The Morgan fingerprint density at radius 3 is 2.50 bits per heavy atom. The van der Waals surface area contributed by atoms with E-state index in [1.807, 2.05) is 0 Å². The standard InChI is InChI=1S/C3H7NO2S2/c1-2-3(8-7)4(5)6/h3,7H,2H2,1H3. The van der Waals surface area contributed by atoms with E-state index in [2.05, 4.69) is 11.7 Å². The van der Waals surface area contributed by atoms with Crippen molar-refractivity contribution in [1.29, 1.82) is 0 Å². The molecule has 0 aromatic heterocycles. The molecule has 0 saturated heterocycles. The van der Waals surface area contributed by atoms with E-state index in [1.165, 1.54) is 0 Å². The fourth-order valence-electron chi connectivity index (χ4n) is 0.262. The maximum absolute atomic E-state index is 9.90. The fourth-order valence-corrected chi connectivity index (χ4v) is 1.17. The fraction of sp³-hybridized carbons (Fsp3) is 1.00. The highest BCUT2D eigenvalue weighted by atomic mass is 33.1. The summed E-state index contributed by atoms with van der Waals surface area (Å²) in [7, 11) is 0.973. The molecule has 0 amide bonds. The molecule has 0 N–H and O–H groups in total. The van der Waals surface area contributed by atoms with E-state index < -0.39 is 5.37 Å². The lowest BCUT2D eigenvalue weighted by molar-refractivity contribution is -0.494. The molecule has 1 unspecified atom stereocenters. The quantitative estimate of drug-likeness (QED) is 0.220. The molecule has 0 aliphatic heterocycles. The summed E-state index contributed by atoms with van der Waals surface area (Å²) in [5, 5.41) is 9.35. The van der Waals surface area contributed by atoms with Crippen molar-refractivity contribution >= 4 is 22.5 Å². The average molecular weight is 153 g/mol. The Morgan fingerprint density at radius 1 is 2.00 bits per heavy atom. The van der Waals surface area contributed by atoms with Gasteiger partial charge in [-0.2, -0.15) is 0 Å². The lowest BCUT2D eigenvalue weighted by Gasteiger charge is -1.98. The topological polar surface area (TPSA) is 43.1 Å². The van der Waals surface area contributed by atoms with E-state index >= 15 is 0 Å². The molecule has 3 nitrogen and oxygen atoms in total. The summed E-state index contributed by atoms with van der Waals surface area (Å²) >= 11 is 3.71. The molecule has 0 heterocycles. The molecule has 8 heavy (non-hydrogen) atoms. The van der Waals surface area contributed by atoms with Crippen LogP contribution in [-0.2, 0) is 0 Å². The van der Waals surface area contributed by atoms with Crippen LogP contribution in [0.4, 0.5) is 0 Å². The zero-order valence-electron chi connectivity index (χ0n) is 4.40. The first-order valence-electron chi connectivity index (χ1n) is 2.16. The number of thiol groups is 1. The lowest BCUT2D eigenvalue weighted by Crippen LogP contribution is -2.11. The normalized spacial score (nSPS) is 13.2. The number of nitrogens with zero attached hydrogens (tertiary/aromatic N) is 1. The predicted octanol–water partition coefficient (Wildman–Crippen LogP) is 1.58. The third-order valence-corrected chi connectivity index (χ3v) is 2.18. The molecule has 5 heteroatoms. The number of nitro groups is 1. The van der Waals surface area contributed by atoms with Gasteiger partial charge in [-0.25, -0.2) is 0 Å². The Morgan fingerprint density at radius 2 is 2.50 bits per heavy atom. The minimum absolute atomic E-state index is 0.336. The third kappa shape index (κ3) is 2.42. The summed E-state index contributed by atoms with van der Waals surface area (Å²) in [4.78, 5) is 9.56. The van der Waals surface area contributed by atoms with Crippen LogP contribution in [0.15, 0.2) is 0 Å². The highest BCUT2D eigenvalue weighted by Gasteiger charge is 2.14. The Bertz CT molecular complexity index is 83.4. The highest BCUT2D eigenvalue weighted by Crippen LogP contribution is 2.17. The summed E-state index contributed by atoms with van der Waals surface area (Å²) in [5.74, 6) is 0. The molecule has 48 valence electrons. The van der Waals surface area contributed by atoms with Crippen molar-refractivity contribution in [3.05, 3.63) is 10.1 Å². The van der Waals surface area contributed by atoms with Crippen LogP contribution >= 0.6 is 22.5 Å². The van der Waals surface area contributed by atoms with Crippen molar-refractivity contribution in [2.24, 2.45) is 0 Å². The van der Waals surface area contributed by atoms with Gasteiger partial charge >= 0.3 is 0 Å². The summed E-state index contributed by atoms with van der Waals surface area (Å²) in [6.07, 6.45) is 0.529. The molecule has 1 atom stereocenters. The SMILES string of the molecule is CCC(SS)[N+](=O)[O-]. The van der Waals surface area contributed by atoms with Crippen molar-refractivity contribution < 1.29 is 4.92 Å². The molecule has 0 aliphatic carbocycles. The monoisotopic (exact) mass is 153 g/mol. The first kappa shape index (κ1) is 8.10. The summed E-state index contributed by atoms with van der Waals surface area (Å²) in [6.45, 7) is 1.76. The summed E-state index contributed by atoms with van der Waals surface area (Å²) < 4.78 is 0. The van der Waals surface area contributed by atoms with Gasteiger partial charge in [-0.3, -0.25) is 10.1 Å². The van der Waals surface area contributed by atoms with Crippen LogP contribution in [0.25, 0.3) is 0 Å². The van der Waals surface area contributed by atoms with E-state index in [-0.39, 0.29) is 4.92 Å². The van der Waals surface area contributed by atoms with Crippen LogP contribution in [0.3, 0.4) is 0 Å². The van der Waals surface area contributed by atoms with Crippen LogP contribution in [0.5, 0.6) is 0 Å². The van der Waals surface area contributed by atoms with E-state index in [1.54, 1.807) is 6.92 Å². The molecule has 0 rings (SSSR count). The predicted molar refractivity (Wildman–Crippen MR) is 37.7 cm³/mol. The zero-order valence-corrected chi connectivity index (χ0v) is 6.11. The minimum Gasteiger partial charge on any atom is -0.263 e. The van der Waals surface area contributed by atoms with Gasteiger partial charge in [-0.05, 0) is 10.8 Å². The second kappa shape index (κ2) is 4.03. The van der Waals surface area contributed by atoms with Gasteiger partial charge in [0, 0.05) is 11.3 Å². The van der Waals surface area contributed by atoms with Crippen molar-refractivity contribution in [3.63, 3.8) is 0 Å². The van der Waals surface area contributed by atoms with Crippen LogP contribution in [-0.4, -0.2) is 10.3 Å². The summed E-state index contributed by atoms with van der Waals surface area (Å²) in [5.41, 5.74) is 0. The van der Waals surface area contributed by atoms with Crippen LogP contribution in [0, 0.1) is 10.1 Å². The van der Waals surface area contributed by atoms with E-state index in [0.29, 0.717) is 6.42 Å². The van der Waals surface area contributed by atoms with Crippen molar-refractivity contribution in [3.8, 4) is 0 Å². The van der Waals surface area contributed by atoms with Gasteiger partial charge in [-0.1, -0.05) is 6.92 Å². The van der Waals surface area contributed by atoms with Gasteiger partial charge in [0.1, 0.15) is 0 Å². The number of hydrogen-bond acceptors (Lipinski definition) is 4. The van der Waals surface area contributed by atoms with Gasteiger partial charge in [0.2, 0.25) is 0 Å². The minimum atomic E-state index is -0.543. The molecule has 0 saturated carbocycles. The lowest BCUT2D eigenvalue weighted by atomic mass is 10.5. The van der Waals surface area contributed by atoms with E-state index in [0.717, 1.165) is 10.8 Å². The molecule has 0 fully saturated rings. The second-order valence-electron chi connectivity index (χ2n) is 1.25. The molecule has 0 aliphatic rings.